The van der Waals surface area contributed by atoms with E-state index in [2.05, 4.69) is 25.7 Å². The van der Waals surface area contributed by atoms with Gasteiger partial charge in [-0.15, -0.1) is 0 Å². The quantitative estimate of drug-likeness (QED) is 0.852. The van der Waals surface area contributed by atoms with Gasteiger partial charge >= 0.3 is 0 Å². The molecule has 2 nitrogen and oxygen atoms in total. The Morgan fingerprint density at radius 1 is 1.16 bits per heavy atom. The average Bonchev–Trinajstić information content (AvgIpc) is 2.30. The molecule has 0 aliphatic rings. The van der Waals surface area contributed by atoms with Gasteiger partial charge in [0, 0.05) is 17.6 Å². The van der Waals surface area contributed by atoms with Crippen LogP contribution in [-0.4, -0.2) is 24.0 Å². The highest BCUT2D eigenvalue weighted by molar-refractivity contribution is 5.22. The molecule has 2 N–H and O–H groups in total. The van der Waals surface area contributed by atoms with Crippen LogP contribution in [0.25, 0.3) is 0 Å². The molecule has 0 bridgehead atoms. The van der Waals surface area contributed by atoms with Crippen molar-refractivity contribution in [1.29, 1.82) is 0 Å². The van der Waals surface area contributed by atoms with Crippen molar-refractivity contribution in [2.45, 2.75) is 52.2 Å². The van der Waals surface area contributed by atoms with Crippen molar-refractivity contribution in [2.75, 3.05) is 7.05 Å². The predicted molar refractivity (Wildman–Crippen MR) is 79.5 cm³/mol. The van der Waals surface area contributed by atoms with Gasteiger partial charge in [0.1, 0.15) is 5.82 Å². The van der Waals surface area contributed by atoms with Crippen LogP contribution in [0.2, 0.25) is 0 Å². The molecule has 3 unspecified atom stereocenters. The Hall–Kier alpha value is -0.930. The fourth-order valence-electron chi connectivity index (χ4n) is 2.71. The Balaban J connectivity index is 2.98. The van der Waals surface area contributed by atoms with Gasteiger partial charge < -0.3 is 5.73 Å². The molecule has 0 heterocycles. The summed E-state index contributed by atoms with van der Waals surface area (Å²) < 4.78 is 14.0. The summed E-state index contributed by atoms with van der Waals surface area (Å²) in [6.07, 6.45) is 1.08. The maximum Gasteiger partial charge on any atom is 0.128 e. The third kappa shape index (κ3) is 4.29. The molecule has 0 spiro atoms. The summed E-state index contributed by atoms with van der Waals surface area (Å²) >= 11 is 0. The minimum atomic E-state index is -0.173. The van der Waals surface area contributed by atoms with Crippen molar-refractivity contribution in [2.24, 2.45) is 11.7 Å². The van der Waals surface area contributed by atoms with Crippen LogP contribution < -0.4 is 5.73 Å². The Morgan fingerprint density at radius 2 is 1.74 bits per heavy atom. The molecule has 0 amide bonds. The Kier molecular flexibility index (Phi) is 5.95. The monoisotopic (exact) mass is 266 g/mol. The topological polar surface area (TPSA) is 29.3 Å². The molecule has 0 aliphatic heterocycles. The normalized spacial score (nSPS) is 16.7. The van der Waals surface area contributed by atoms with E-state index in [0.29, 0.717) is 17.5 Å². The SMILES string of the molecule is CC(C)CC(C)N(C)C(c1ccccc1F)C(C)N. The van der Waals surface area contributed by atoms with Crippen LogP contribution >= 0.6 is 0 Å². The van der Waals surface area contributed by atoms with Crippen molar-refractivity contribution >= 4 is 0 Å². The average molecular weight is 266 g/mol. The third-order valence-electron chi connectivity index (χ3n) is 3.67. The second-order valence-corrected chi connectivity index (χ2v) is 5.97. The van der Waals surface area contributed by atoms with Gasteiger partial charge in [0.25, 0.3) is 0 Å². The Bertz CT molecular complexity index is 390. The van der Waals surface area contributed by atoms with E-state index < -0.39 is 0 Å². The molecule has 3 atom stereocenters. The number of likely N-dealkylation sites (N-methyl/N-ethyl adjacent to an activating group) is 1. The molecule has 0 fully saturated rings. The predicted octanol–water partition coefficient (Wildman–Crippen LogP) is 3.58. The number of benzene rings is 1. The van der Waals surface area contributed by atoms with Crippen molar-refractivity contribution in [3.8, 4) is 0 Å². The summed E-state index contributed by atoms with van der Waals surface area (Å²) in [7, 11) is 2.04. The summed E-state index contributed by atoms with van der Waals surface area (Å²) in [5.74, 6) is 0.445. The summed E-state index contributed by atoms with van der Waals surface area (Å²) in [5.41, 5.74) is 6.79. The molecule has 0 aliphatic carbocycles. The van der Waals surface area contributed by atoms with E-state index in [1.54, 1.807) is 6.07 Å². The molecular weight excluding hydrogens is 239 g/mol. The summed E-state index contributed by atoms with van der Waals surface area (Å²) in [6.45, 7) is 8.52. The van der Waals surface area contributed by atoms with E-state index in [1.807, 2.05) is 26.1 Å². The summed E-state index contributed by atoms with van der Waals surface area (Å²) in [6, 6.07) is 7.10. The van der Waals surface area contributed by atoms with E-state index in [-0.39, 0.29) is 17.9 Å². The second kappa shape index (κ2) is 7.01. The van der Waals surface area contributed by atoms with E-state index in [4.69, 9.17) is 5.73 Å². The first-order chi connectivity index (χ1) is 8.84. The molecule has 0 radical (unpaired) electrons. The molecule has 3 heteroatoms. The second-order valence-electron chi connectivity index (χ2n) is 5.97. The van der Waals surface area contributed by atoms with Crippen LogP contribution in [0.4, 0.5) is 4.39 Å². The molecule has 1 aromatic rings. The van der Waals surface area contributed by atoms with Gasteiger partial charge in [0.2, 0.25) is 0 Å². The standard InChI is InChI=1S/C16H27FN2/c1-11(2)10-12(3)19(5)16(13(4)18)14-8-6-7-9-15(14)17/h6-9,11-13,16H,10,18H2,1-5H3. The smallest absolute Gasteiger partial charge is 0.128 e. The zero-order chi connectivity index (χ0) is 14.6. The zero-order valence-electron chi connectivity index (χ0n) is 12.7. The maximum atomic E-state index is 14.0. The van der Waals surface area contributed by atoms with Gasteiger partial charge in [-0.2, -0.15) is 0 Å². The van der Waals surface area contributed by atoms with Crippen molar-refractivity contribution in [3.63, 3.8) is 0 Å². The van der Waals surface area contributed by atoms with Crippen LogP contribution in [0.3, 0.4) is 0 Å². The molecular formula is C16H27FN2. The lowest BCUT2D eigenvalue weighted by Gasteiger charge is -2.36. The molecule has 0 saturated heterocycles. The van der Waals surface area contributed by atoms with Crippen molar-refractivity contribution in [3.05, 3.63) is 35.6 Å². The van der Waals surface area contributed by atoms with E-state index in [0.717, 1.165) is 6.42 Å². The maximum absolute atomic E-state index is 14.0. The lowest BCUT2D eigenvalue weighted by atomic mass is 9.95. The highest BCUT2D eigenvalue weighted by Gasteiger charge is 2.27. The van der Waals surface area contributed by atoms with Gasteiger partial charge in [-0.05, 0) is 39.3 Å². The Morgan fingerprint density at radius 3 is 2.21 bits per heavy atom. The lowest BCUT2D eigenvalue weighted by molar-refractivity contribution is 0.145. The van der Waals surface area contributed by atoms with Crippen LogP contribution in [-0.2, 0) is 0 Å². The fourth-order valence-corrected chi connectivity index (χ4v) is 2.71. The van der Waals surface area contributed by atoms with Gasteiger partial charge in [-0.25, -0.2) is 4.39 Å². The van der Waals surface area contributed by atoms with Crippen molar-refractivity contribution in [1.82, 2.24) is 4.90 Å². The van der Waals surface area contributed by atoms with Gasteiger partial charge in [0.05, 0.1) is 6.04 Å². The minimum absolute atomic E-state index is 0.0880. The first-order valence-electron chi connectivity index (χ1n) is 7.06. The van der Waals surface area contributed by atoms with Crippen LogP contribution in [0.1, 0.15) is 45.7 Å². The Labute approximate surface area is 116 Å². The molecule has 1 rings (SSSR count). The van der Waals surface area contributed by atoms with E-state index in [9.17, 15) is 4.39 Å². The molecule has 108 valence electrons. The van der Waals surface area contributed by atoms with Gasteiger partial charge in [-0.3, -0.25) is 4.90 Å². The zero-order valence-corrected chi connectivity index (χ0v) is 12.7. The van der Waals surface area contributed by atoms with Gasteiger partial charge in [0.15, 0.2) is 0 Å². The summed E-state index contributed by atoms with van der Waals surface area (Å²) in [5, 5.41) is 0. The third-order valence-corrected chi connectivity index (χ3v) is 3.67. The van der Waals surface area contributed by atoms with Gasteiger partial charge in [-0.1, -0.05) is 32.0 Å². The van der Waals surface area contributed by atoms with E-state index in [1.165, 1.54) is 6.07 Å². The number of rotatable bonds is 6. The number of nitrogens with two attached hydrogens (primary N) is 1. The largest absolute Gasteiger partial charge is 0.326 e. The molecule has 1 aromatic carbocycles. The first kappa shape index (κ1) is 16.1. The van der Waals surface area contributed by atoms with Crippen LogP contribution in [0, 0.1) is 11.7 Å². The molecule has 0 aromatic heterocycles. The fraction of sp³-hybridized carbons (Fsp3) is 0.625. The first-order valence-corrected chi connectivity index (χ1v) is 7.06. The molecule has 0 saturated carbocycles. The van der Waals surface area contributed by atoms with Crippen LogP contribution in [0.5, 0.6) is 0 Å². The number of nitrogens with zero attached hydrogens (tertiary/aromatic N) is 1. The number of hydrogen-bond acceptors (Lipinski definition) is 2. The highest BCUT2D eigenvalue weighted by atomic mass is 19.1. The number of hydrogen-bond donors (Lipinski definition) is 1. The summed E-state index contributed by atoms with van der Waals surface area (Å²) in [4.78, 5) is 2.20. The minimum Gasteiger partial charge on any atom is -0.326 e. The number of halogens is 1. The van der Waals surface area contributed by atoms with Crippen molar-refractivity contribution < 1.29 is 4.39 Å². The lowest BCUT2D eigenvalue weighted by Crippen LogP contribution is -2.42. The highest BCUT2D eigenvalue weighted by Crippen LogP contribution is 2.28. The molecule has 19 heavy (non-hydrogen) atoms. The van der Waals surface area contributed by atoms with Crippen LogP contribution in [0.15, 0.2) is 24.3 Å². The van der Waals surface area contributed by atoms with E-state index >= 15 is 0 Å².